The molecule has 96 valence electrons. The molecule has 1 aromatic heterocycles. The number of ether oxygens (including phenoxy) is 1. The van der Waals surface area contributed by atoms with Crippen molar-refractivity contribution in [2.75, 3.05) is 7.11 Å². The second-order valence-electron chi connectivity index (χ2n) is 3.85. The van der Waals surface area contributed by atoms with Crippen molar-refractivity contribution in [3.05, 3.63) is 20.8 Å². The third-order valence-corrected chi connectivity index (χ3v) is 4.61. The molecule has 0 aliphatic heterocycles. The highest BCUT2D eigenvalue weighted by Gasteiger charge is 2.30. The summed E-state index contributed by atoms with van der Waals surface area (Å²) in [4.78, 5) is 12.5. The zero-order chi connectivity index (χ0) is 12.8. The number of esters is 1. The lowest BCUT2D eigenvalue weighted by molar-refractivity contribution is -0.150. The van der Waals surface area contributed by atoms with Crippen LogP contribution < -0.4 is 0 Å². The SMILES string of the molecule is CCCCC(C(=O)OC)C(O)c1sccc1Br. The van der Waals surface area contributed by atoms with Crippen molar-refractivity contribution >= 4 is 33.2 Å². The van der Waals surface area contributed by atoms with Gasteiger partial charge in [0.25, 0.3) is 0 Å². The van der Waals surface area contributed by atoms with Crippen molar-refractivity contribution in [2.45, 2.75) is 32.3 Å². The van der Waals surface area contributed by atoms with Gasteiger partial charge in [-0.1, -0.05) is 19.8 Å². The Morgan fingerprint density at radius 1 is 1.65 bits per heavy atom. The van der Waals surface area contributed by atoms with Crippen LogP contribution in [0.5, 0.6) is 0 Å². The number of hydrogen-bond donors (Lipinski definition) is 1. The van der Waals surface area contributed by atoms with Crippen LogP contribution in [0.15, 0.2) is 15.9 Å². The van der Waals surface area contributed by atoms with E-state index in [0.29, 0.717) is 6.42 Å². The monoisotopic (exact) mass is 320 g/mol. The molecule has 0 amide bonds. The van der Waals surface area contributed by atoms with Gasteiger partial charge in [-0.25, -0.2) is 0 Å². The van der Waals surface area contributed by atoms with E-state index in [1.165, 1.54) is 18.4 Å². The van der Waals surface area contributed by atoms with Gasteiger partial charge >= 0.3 is 5.97 Å². The van der Waals surface area contributed by atoms with E-state index in [4.69, 9.17) is 4.74 Å². The molecule has 2 atom stereocenters. The molecule has 17 heavy (non-hydrogen) atoms. The molecule has 3 nitrogen and oxygen atoms in total. The van der Waals surface area contributed by atoms with E-state index < -0.39 is 12.0 Å². The molecule has 1 rings (SSSR count). The summed E-state index contributed by atoms with van der Waals surface area (Å²) < 4.78 is 5.61. The fourth-order valence-electron chi connectivity index (χ4n) is 1.68. The van der Waals surface area contributed by atoms with E-state index in [2.05, 4.69) is 22.9 Å². The third-order valence-electron chi connectivity index (χ3n) is 2.67. The maximum Gasteiger partial charge on any atom is 0.311 e. The molecule has 0 fully saturated rings. The summed E-state index contributed by atoms with van der Waals surface area (Å²) in [6.07, 6.45) is 1.75. The van der Waals surface area contributed by atoms with Gasteiger partial charge in [-0.3, -0.25) is 4.79 Å². The molecule has 1 aromatic rings. The average molecular weight is 321 g/mol. The maximum absolute atomic E-state index is 11.7. The molecule has 1 heterocycles. The van der Waals surface area contributed by atoms with Crippen LogP contribution in [0.1, 0.15) is 37.2 Å². The van der Waals surface area contributed by atoms with E-state index >= 15 is 0 Å². The Kier molecular flexibility index (Phi) is 6.16. The zero-order valence-electron chi connectivity index (χ0n) is 9.98. The fraction of sp³-hybridized carbons (Fsp3) is 0.583. The second-order valence-corrected chi connectivity index (χ2v) is 5.65. The Bertz CT molecular complexity index is 364. The number of methoxy groups -OCH3 is 1. The molecule has 0 saturated heterocycles. The number of aliphatic hydroxyl groups is 1. The minimum absolute atomic E-state index is 0.341. The van der Waals surface area contributed by atoms with Crippen molar-refractivity contribution in [1.82, 2.24) is 0 Å². The average Bonchev–Trinajstić information content (AvgIpc) is 2.75. The van der Waals surface area contributed by atoms with Crippen LogP contribution in [0.25, 0.3) is 0 Å². The Balaban J connectivity index is 2.82. The first-order chi connectivity index (χ1) is 8.11. The van der Waals surface area contributed by atoms with Gasteiger partial charge < -0.3 is 9.84 Å². The predicted octanol–water partition coefficient (Wildman–Crippen LogP) is 3.52. The van der Waals surface area contributed by atoms with Crippen LogP contribution in [0.2, 0.25) is 0 Å². The van der Waals surface area contributed by atoms with Gasteiger partial charge in [0.2, 0.25) is 0 Å². The highest BCUT2D eigenvalue weighted by atomic mass is 79.9. The van der Waals surface area contributed by atoms with Gasteiger partial charge in [0.1, 0.15) is 6.10 Å². The van der Waals surface area contributed by atoms with Crippen LogP contribution in [0, 0.1) is 5.92 Å². The minimum atomic E-state index is -0.789. The first-order valence-electron chi connectivity index (χ1n) is 5.60. The number of aliphatic hydroxyl groups excluding tert-OH is 1. The summed E-state index contributed by atoms with van der Waals surface area (Å²) >= 11 is 4.82. The van der Waals surface area contributed by atoms with Crippen molar-refractivity contribution in [1.29, 1.82) is 0 Å². The molecule has 5 heteroatoms. The second kappa shape index (κ2) is 7.13. The van der Waals surface area contributed by atoms with E-state index in [1.54, 1.807) is 0 Å². The lowest BCUT2D eigenvalue weighted by Gasteiger charge is -2.20. The number of thiophene rings is 1. The number of carbonyl (C=O) groups excluding carboxylic acids is 1. The molecule has 0 saturated carbocycles. The molecule has 0 aromatic carbocycles. The topological polar surface area (TPSA) is 46.5 Å². The van der Waals surface area contributed by atoms with Gasteiger partial charge in [0.15, 0.2) is 0 Å². The molecule has 0 bridgehead atoms. The summed E-state index contributed by atoms with van der Waals surface area (Å²) in [7, 11) is 1.36. The Morgan fingerprint density at radius 3 is 2.82 bits per heavy atom. The summed E-state index contributed by atoms with van der Waals surface area (Å²) in [6.45, 7) is 2.06. The first kappa shape index (κ1) is 14.7. The van der Waals surface area contributed by atoms with Crippen LogP contribution in [0.3, 0.4) is 0 Å². The molecular weight excluding hydrogens is 304 g/mol. The van der Waals surface area contributed by atoms with Crippen molar-refractivity contribution in [3.63, 3.8) is 0 Å². The van der Waals surface area contributed by atoms with Crippen molar-refractivity contribution < 1.29 is 14.6 Å². The first-order valence-corrected chi connectivity index (χ1v) is 7.27. The molecule has 0 radical (unpaired) electrons. The normalized spacial score (nSPS) is 14.4. The maximum atomic E-state index is 11.7. The zero-order valence-corrected chi connectivity index (χ0v) is 12.4. The molecule has 0 spiro atoms. The summed E-state index contributed by atoms with van der Waals surface area (Å²) in [6, 6.07) is 1.87. The smallest absolute Gasteiger partial charge is 0.311 e. The van der Waals surface area contributed by atoms with Gasteiger partial charge in [0, 0.05) is 9.35 Å². The number of carbonyl (C=O) groups is 1. The van der Waals surface area contributed by atoms with Crippen LogP contribution >= 0.6 is 27.3 Å². The summed E-state index contributed by atoms with van der Waals surface area (Å²) in [5.41, 5.74) is 0. The summed E-state index contributed by atoms with van der Waals surface area (Å²) in [5.74, 6) is -0.818. The number of rotatable bonds is 6. The quantitative estimate of drug-likeness (QED) is 0.816. The minimum Gasteiger partial charge on any atom is -0.469 e. The third kappa shape index (κ3) is 3.79. The van der Waals surface area contributed by atoms with Crippen LogP contribution in [0.4, 0.5) is 0 Å². The van der Waals surface area contributed by atoms with Gasteiger partial charge in [-0.15, -0.1) is 11.3 Å². The van der Waals surface area contributed by atoms with Gasteiger partial charge in [-0.05, 0) is 33.8 Å². The molecule has 2 unspecified atom stereocenters. The van der Waals surface area contributed by atoms with Crippen molar-refractivity contribution in [3.8, 4) is 0 Å². The Hall–Kier alpha value is -0.390. The molecule has 0 aliphatic rings. The fourth-order valence-corrected chi connectivity index (χ4v) is 3.34. The molecule has 0 aliphatic carbocycles. The number of halogens is 1. The summed E-state index contributed by atoms with van der Waals surface area (Å²) in [5, 5.41) is 12.1. The van der Waals surface area contributed by atoms with Crippen LogP contribution in [-0.4, -0.2) is 18.2 Å². The largest absolute Gasteiger partial charge is 0.469 e. The highest BCUT2D eigenvalue weighted by Crippen LogP contribution is 2.35. The molecule has 1 N–H and O–H groups in total. The van der Waals surface area contributed by atoms with E-state index in [9.17, 15) is 9.90 Å². The predicted molar refractivity (Wildman–Crippen MR) is 72.0 cm³/mol. The van der Waals surface area contributed by atoms with Gasteiger partial charge in [-0.2, -0.15) is 0 Å². The van der Waals surface area contributed by atoms with Gasteiger partial charge in [0.05, 0.1) is 13.0 Å². The standard InChI is InChI=1S/C12H17BrO3S/c1-3-4-5-8(12(15)16-2)10(14)11-9(13)6-7-17-11/h6-8,10,14H,3-5H2,1-2H3. The molecular formula is C12H17BrO3S. The van der Waals surface area contributed by atoms with E-state index in [-0.39, 0.29) is 5.97 Å². The van der Waals surface area contributed by atoms with Crippen molar-refractivity contribution in [2.24, 2.45) is 5.92 Å². The van der Waals surface area contributed by atoms with E-state index in [0.717, 1.165) is 22.2 Å². The highest BCUT2D eigenvalue weighted by molar-refractivity contribution is 9.10. The Morgan fingerprint density at radius 2 is 2.35 bits per heavy atom. The lowest BCUT2D eigenvalue weighted by Crippen LogP contribution is -2.23. The van der Waals surface area contributed by atoms with E-state index in [1.807, 2.05) is 11.4 Å². The lowest BCUT2D eigenvalue weighted by atomic mass is 9.95. The van der Waals surface area contributed by atoms with Crippen LogP contribution in [-0.2, 0) is 9.53 Å². The number of unbranched alkanes of at least 4 members (excludes halogenated alkanes) is 1. The Labute approximate surface area is 114 Å². The number of hydrogen-bond acceptors (Lipinski definition) is 4.